The number of hydrogen-bond acceptors (Lipinski definition) is 3. The third-order valence-corrected chi connectivity index (χ3v) is 4.53. The fraction of sp³-hybridized carbons (Fsp3) is 0.100. The molecule has 0 fully saturated rings. The maximum Gasteiger partial charge on any atom is 0.0878 e. The minimum absolute atomic E-state index is 0.110. The van der Waals surface area contributed by atoms with Crippen LogP contribution in [0.4, 0.5) is 0 Å². The van der Waals surface area contributed by atoms with Gasteiger partial charge in [0.05, 0.1) is 5.71 Å². The van der Waals surface area contributed by atoms with Crippen molar-refractivity contribution in [1.82, 2.24) is 4.98 Å². The quantitative estimate of drug-likeness (QED) is 0.373. The van der Waals surface area contributed by atoms with E-state index in [1.807, 2.05) is 42.5 Å². The van der Waals surface area contributed by atoms with Gasteiger partial charge in [0.15, 0.2) is 0 Å². The molecule has 0 aliphatic carbocycles. The van der Waals surface area contributed by atoms with Crippen LogP contribution in [0.3, 0.4) is 0 Å². The summed E-state index contributed by atoms with van der Waals surface area (Å²) in [6.45, 7) is 0. The molecule has 1 unspecified atom stereocenters. The molecule has 3 rings (SSSR count). The first-order chi connectivity index (χ1) is 11.8. The largest absolute Gasteiger partial charge is 0.411 e. The highest BCUT2D eigenvalue weighted by atomic mass is 79.9. The third-order valence-electron chi connectivity index (χ3n) is 4.01. The summed E-state index contributed by atoms with van der Waals surface area (Å²) in [6.07, 6.45) is 4.02. The molecule has 120 valence electrons. The van der Waals surface area contributed by atoms with Crippen LogP contribution >= 0.6 is 15.9 Å². The van der Waals surface area contributed by atoms with E-state index in [4.69, 9.17) is 0 Å². The van der Waals surface area contributed by atoms with Gasteiger partial charge in [-0.25, -0.2) is 0 Å². The molecule has 0 spiro atoms. The van der Waals surface area contributed by atoms with Gasteiger partial charge in [0.1, 0.15) is 0 Å². The fourth-order valence-electron chi connectivity index (χ4n) is 2.76. The first-order valence-corrected chi connectivity index (χ1v) is 8.49. The molecule has 1 atom stereocenters. The Hall–Kier alpha value is -2.46. The number of hydrogen-bond donors (Lipinski definition) is 1. The highest BCUT2D eigenvalue weighted by Crippen LogP contribution is 2.30. The number of halogens is 1. The van der Waals surface area contributed by atoms with Crippen molar-refractivity contribution < 1.29 is 5.21 Å². The summed E-state index contributed by atoms with van der Waals surface area (Å²) in [5, 5.41) is 13.1. The monoisotopic (exact) mass is 380 g/mol. The smallest absolute Gasteiger partial charge is 0.0878 e. The van der Waals surface area contributed by atoms with Crippen LogP contribution < -0.4 is 0 Å². The molecule has 0 bridgehead atoms. The molecule has 0 saturated carbocycles. The summed E-state index contributed by atoms with van der Waals surface area (Å²) in [5.74, 6) is 0.110. The SMILES string of the molecule is O/N=C(/CC(c1ccccc1)c1ccc(Br)cc1)c1ccncc1. The molecule has 1 aromatic heterocycles. The summed E-state index contributed by atoms with van der Waals surface area (Å²) < 4.78 is 1.04. The molecular weight excluding hydrogens is 364 g/mol. The molecule has 0 radical (unpaired) electrons. The van der Waals surface area contributed by atoms with Crippen molar-refractivity contribution in [3.05, 3.63) is 100 Å². The van der Waals surface area contributed by atoms with Gasteiger partial charge in [0.25, 0.3) is 0 Å². The Morgan fingerprint density at radius 1 is 0.917 bits per heavy atom. The lowest BCUT2D eigenvalue weighted by Crippen LogP contribution is -2.10. The maximum absolute atomic E-state index is 9.53. The Balaban J connectivity index is 1.97. The van der Waals surface area contributed by atoms with Crippen molar-refractivity contribution in [3.63, 3.8) is 0 Å². The Labute approximate surface area is 149 Å². The maximum atomic E-state index is 9.53. The second kappa shape index (κ2) is 7.88. The van der Waals surface area contributed by atoms with Gasteiger partial charge in [-0.05, 0) is 35.4 Å². The normalized spacial score (nSPS) is 12.8. The van der Waals surface area contributed by atoms with E-state index >= 15 is 0 Å². The lowest BCUT2D eigenvalue weighted by atomic mass is 9.85. The van der Waals surface area contributed by atoms with Crippen LogP contribution in [0.5, 0.6) is 0 Å². The van der Waals surface area contributed by atoms with Crippen molar-refractivity contribution in [2.75, 3.05) is 0 Å². The first-order valence-electron chi connectivity index (χ1n) is 7.69. The first kappa shape index (κ1) is 16.4. The van der Waals surface area contributed by atoms with Crippen LogP contribution in [0.1, 0.15) is 29.0 Å². The van der Waals surface area contributed by atoms with Crippen LogP contribution in [-0.2, 0) is 0 Å². The van der Waals surface area contributed by atoms with E-state index in [9.17, 15) is 5.21 Å². The van der Waals surface area contributed by atoms with Gasteiger partial charge in [-0.2, -0.15) is 0 Å². The molecule has 3 aromatic rings. The molecule has 0 aliphatic rings. The van der Waals surface area contributed by atoms with Gasteiger partial charge in [0.2, 0.25) is 0 Å². The zero-order valence-corrected chi connectivity index (χ0v) is 14.6. The summed E-state index contributed by atoms with van der Waals surface area (Å²) in [5.41, 5.74) is 3.90. The Morgan fingerprint density at radius 3 is 2.17 bits per heavy atom. The highest BCUT2D eigenvalue weighted by Gasteiger charge is 2.18. The highest BCUT2D eigenvalue weighted by molar-refractivity contribution is 9.10. The average Bonchev–Trinajstić information content (AvgIpc) is 2.65. The minimum atomic E-state index is 0.110. The van der Waals surface area contributed by atoms with Crippen molar-refractivity contribution in [3.8, 4) is 0 Å². The molecule has 2 aromatic carbocycles. The fourth-order valence-corrected chi connectivity index (χ4v) is 3.03. The predicted octanol–water partition coefficient (Wildman–Crippen LogP) is 5.24. The number of pyridine rings is 1. The molecule has 24 heavy (non-hydrogen) atoms. The van der Waals surface area contributed by atoms with Gasteiger partial charge in [-0.1, -0.05) is 63.6 Å². The number of benzene rings is 2. The van der Waals surface area contributed by atoms with Crippen LogP contribution in [0.2, 0.25) is 0 Å². The lowest BCUT2D eigenvalue weighted by molar-refractivity contribution is 0.317. The lowest BCUT2D eigenvalue weighted by Gasteiger charge is -2.19. The van der Waals surface area contributed by atoms with E-state index in [0.29, 0.717) is 12.1 Å². The minimum Gasteiger partial charge on any atom is -0.411 e. The summed E-state index contributed by atoms with van der Waals surface area (Å²) in [4.78, 5) is 4.03. The molecule has 1 N–H and O–H groups in total. The van der Waals surface area contributed by atoms with Gasteiger partial charge < -0.3 is 5.21 Å². The van der Waals surface area contributed by atoms with Crippen molar-refractivity contribution in [2.45, 2.75) is 12.3 Å². The van der Waals surface area contributed by atoms with Crippen molar-refractivity contribution >= 4 is 21.6 Å². The zero-order valence-electron chi connectivity index (χ0n) is 13.0. The topological polar surface area (TPSA) is 45.5 Å². The molecule has 4 heteroatoms. The van der Waals surface area contributed by atoms with Crippen LogP contribution in [-0.4, -0.2) is 15.9 Å². The summed E-state index contributed by atoms with van der Waals surface area (Å²) in [7, 11) is 0. The molecule has 1 heterocycles. The van der Waals surface area contributed by atoms with E-state index in [0.717, 1.165) is 10.0 Å². The Morgan fingerprint density at radius 2 is 1.54 bits per heavy atom. The third kappa shape index (κ3) is 3.89. The van der Waals surface area contributed by atoms with Crippen LogP contribution in [0.15, 0.2) is 88.8 Å². The Bertz CT molecular complexity index is 802. The zero-order chi connectivity index (χ0) is 16.8. The number of nitrogens with zero attached hydrogens (tertiary/aromatic N) is 2. The average molecular weight is 381 g/mol. The van der Waals surface area contributed by atoms with Gasteiger partial charge in [-0.3, -0.25) is 4.98 Å². The van der Waals surface area contributed by atoms with E-state index in [1.165, 1.54) is 11.1 Å². The summed E-state index contributed by atoms with van der Waals surface area (Å²) >= 11 is 3.48. The number of aromatic nitrogens is 1. The van der Waals surface area contributed by atoms with Crippen molar-refractivity contribution in [2.24, 2.45) is 5.16 Å². The second-order valence-corrected chi connectivity index (χ2v) is 6.42. The van der Waals surface area contributed by atoms with E-state index in [2.05, 4.69) is 50.3 Å². The molecule has 3 nitrogen and oxygen atoms in total. The molecule has 0 saturated heterocycles. The Kier molecular flexibility index (Phi) is 5.39. The number of rotatable bonds is 5. The van der Waals surface area contributed by atoms with Crippen molar-refractivity contribution in [1.29, 1.82) is 0 Å². The van der Waals surface area contributed by atoms with E-state index in [1.54, 1.807) is 12.4 Å². The van der Waals surface area contributed by atoms with Gasteiger partial charge >= 0.3 is 0 Å². The van der Waals surface area contributed by atoms with Crippen LogP contribution in [0.25, 0.3) is 0 Å². The molecule has 0 amide bonds. The second-order valence-electron chi connectivity index (χ2n) is 5.50. The summed E-state index contributed by atoms with van der Waals surface area (Å²) in [6, 6.07) is 22.3. The number of oxime groups is 1. The molecule has 0 aliphatic heterocycles. The van der Waals surface area contributed by atoms with E-state index in [-0.39, 0.29) is 5.92 Å². The van der Waals surface area contributed by atoms with Gasteiger partial charge in [-0.15, -0.1) is 0 Å². The molecular formula is C20H17BrN2O. The standard InChI is InChI=1S/C20H17BrN2O/c21-18-8-6-16(7-9-18)19(15-4-2-1-3-5-15)14-20(23-24)17-10-12-22-13-11-17/h1-13,19,24H,14H2/b23-20-. The predicted molar refractivity (Wildman–Crippen MR) is 99.6 cm³/mol. The van der Waals surface area contributed by atoms with Crippen LogP contribution in [0, 0.1) is 0 Å². The van der Waals surface area contributed by atoms with Gasteiger partial charge in [0, 0.05) is 34.8 Å². The van der Waals surface area contributed by atoms with E-state index < -0.39 is 0 Å².